The molecule has 0 spiro atoms. The largest absolute Gasteiger partial charge is 0.330 e. The molecule has 84 valence electrons. The van der Waals surface area contributed by atoms with Crippen molar-refractivity contribution in [3.8, 4) is 0 Å². The lowest BCUT2D eigenvalue weighted by Crippen LogP contribution is -2.22. The van der Waals surface area contributed by atoms with E-state index in [2.05, 4.69) is 0 Å². The van der Waals surface area contributed by atoms with Gasteiger partial charge in [-0.2, -0.15) is 0 Å². The van der Waals surface area contributed by atoms with Crippen molar-refractivity contribution in [3.63, 3.8) is 0 Å². The van der Waals surface area contributed by atoms with Crippen molar-refractivity contribution in [1.29, 1.82) is 0 Å². The Bertz CT molecular complexity index is 304. The summed E-state index contributed by atoms with van der Waals surface area (Å²) in [5.74, 6) is -0.735. The Hall–Kier alpha value is -0.670. The number of alkyl halides is 2. The van der Waals surface area contributed by atoms with Gasteiger partial charge >= 0.3 is 0 Å². The Morgan fingerprint density at radius 2 is 1.93 bits per heavy atom. The number of halogens is 3. The van der Waals surface area contributed by atoms with E-state index in [-0.39, 0.29) is 6.54 Å². The molecule has 0 radical (unpaired) electrons. The van der Waals surface area contributed by atoms with E-state index in [1.54, 1.807) is 6.07 Å². The van der Waals surface area contributed by atoms with Crippen LogP contribution >= 0.6 is 11.6 Å². The molecule has 1 aromatic carbocycles. The summed E-state index contributed by atoms with van der Waals surface area (Å²) in [4.78, 5) is 0. The molecular weight excluding hydrogens is 220 g/mol. The van der Waals surface area contributed by atoms with Gasteiger partial charge in [0, 0.05) is 17.5 Å². The van der Waals surface area contributed by atoms with Gasteiger partial charge in [0.2, 0.25) is 6.43 Å². The number of hydrogen-bond donors (Lipinski definition) is 1. The molecule has 0 aliphatic rings. The Morgan fingerprint density at radius 1 is 1.27 bits per heavy atom. The number of rotatable bonds is 5. The fraction of sp³-hybridized carbons (Fsp3) is 0.455. The molecule has 1 unspecified atom stereocenters. The van der Waals surface area contributed by atoms with Crippen LogP contribution in [0.2, 0.25) is 5.02 Å². The van der Waals surface area contributed by atoms with Crippen molar-refractivity contribution in [2.75, 3.05) is 6.54 Å². The summed E-state index contributed by atoms with van der Waals surface area (Å²) in [5, 5.41) is 0.627. The van der Waals surface area contributed by atoms with Crippen LogP contribution in [0.5, 0.6) is 0 Å². The van der Waals surface area contributed by atoms with Gasteiger partial charge in [-0.3, -0.25) is 0 Å². The normalized spacial score (nSPS) is 13.1. The topological polar surface area (TPSA) is 26.0 Å². The highest BCUT2D eigenvalue weighted by molar-refractivity contribution is 6.31. The monoisotopic (exact) mass is 233 g/mol. The minimum atomic E-state index is -2.35. The molecule has 0 aliphatic heterocycles. The maximum absolute atomic E-state index is 12.4. The highest BCUT2D eigenvalue weighted by atomic mass is 35.5. The summed E-state index contributed by atoms with van der Waals surface area (Å²) in [7, 11) is 0. The average Bonchev–Trinajstić information content (AvgIpc) is 2.21. The molecule has 4 heteroatoms. The van der Waals surface area contributed by atoms with Gasteiger partial charge in [0.05, 0.1) is 0 Å². The highest BCUT2D eigenvalue weighted by Gasteiger charge is 2.18. The highest BCUT2D eigenvalue weighted by Crippen LogP contribution is 2.20. The summed E-state index contributed by atoms with van der Waals surface area (Å²) >= 11 is 5.91. The second kappa shape index (κ2) is 6.03. The smallest absolute Gasteiger partial charge is 0.242 e. The van der Waals surface area contributed by atoms with Crippen molar-refractivity contribution in [2.24, 2.45) is 11.7 Å². The first-order chi connectivity index (χ1) is 7.15. The molecule has 0 bridgehead atoms. The van der Waals surface area contributed by atoms with Crippen LogP contribution in [0.1, 0.15) is 12.0 Å². The Kier molecular flexibility index (Phi) is 4.99. The van der Waals surface area contributed by atoms with E-state index >= 15 is 0 Å². The van der Waals surface area contributed by atoms with Crippen LogP contribution < -0.4 is 5.73 Å². The first kappa shape index (κ1) is 12.4. The lowest BCUT2D eigenvalue weighted by atomic mass is 10.00. The zero-order valence-corrected chi connectivity index (χ0v) is 9.05. The predicted molar refractivity (Wildman–Crippen MR) is 58.3 cm³/mol. The van der Waals surface area contributed by atoms with Crippen LogP contribution in [0.15, 0.2) is 24.3 Å². The van der Waals surface area contributed by atoms with Crippen molar-refractivity contribution in [1.82, 2.24) is 0 Å². The molecule has 0 amide bonds. The fourth-order valence-corrected chi connectivity index (χ4v) is 1.62. The van der Waals surface area contributed by atoms with E-state index in [1.807, 2.05) is 18.2 Å². The predicted octanol–water partition coefficient (Wildman–Crippen LogP) is 3.11. The standard InChI is InChI=1S/C11H14ClF2N/c12-10-4-2-1-3-8(10)5-6-9(7-15)11(13)14/h1-4,9,11H,5-7,15H2. The molecule has 0 aromatic heterocycles. The van der Waals surface area contributed by atoms with Gasteiger partial charge < -0.3 is 5.73 Å². The molecule has 0 aliphatic carbocycles. The molecule has 0 heterocycles. The molecule has 0 saturated heterocycles. The molecule has 1 aromatic rings. The van der Waals surface area contributed by atoms with Crippen LogP contribution in [0.25, 0.3) is 0 Å². The van der Waals surface area contributed by atoms with Crippen molar-refractivity contribution < 1.29 is 8.78 Å². The minimum Gasteiger partial charge on any atom is -0.330 e. The van der Waals surface area contributed by atoms with Gasteiger partial charge in [0.25, 0.3) is 0 Å². The van der Waals surface area contributed by atoms with E-state index in [0.29, 0.717) is 17.9 Å². The van der Waals surface area contributed by atoms with Crippen molar-refractivity contribution in [2.45, 2.75) is 19.3 Å². The van der Waals surface area contributed by atoms with E-state index in [9.17, 15) is 8.78 Å². The van der Waals surface area contributed by atoms with Gasteiger partial charge in [0.1, 0.15) is 0 Å². The fourth-order valence-electron chi connectivity index (χ4n) is 1.39. The third kappa shape index (κ3) is 3.76. The second-order valence-corrected chi connectivity index (χ2v) is 3.87. The van der Waals surface area contributed by atoms with Crippen LogP contribution in [0.4, 0.5) is 8.78 Å². The van der Waals surface area contributed by atoms with Gasteiger partial charge in [-0.25, -0.2) is 8.78 Å². The van der Waals surface area contributed by atoms with Crippen molar-refractivity contribution in [3.05, 3.63) is 34.9 Å². The molecular formula is C11H14ClF2N. The first-order valence-electron chi connectivity index (χ1n) is 4.86. The maximum atomic E-state index is 12.4. The molecule has 0 saturated carbocycles. The van der Waals surface area contributed by atoms with Crippen molar-refractivity contribution >= 4 is 11.6 Å². The van der Waals surface area contributed by atoms with E-state index in [0.717, 1.165) is 5.56 Å². The van der Waals surface area contributed by atoms with E-state index in [1.165, 1.54) is 0 Å². The maximum Gasteiger partial charge on any atom is 0.242 e. The summed E-state index contributed by atoms with van der Waals surface area (Å²) < 4.78 is 24.8. The zero-order valence-electron chi connectivity index (χ0n) is 8.30. The zero-order chi connectivity index (χ0) is 11.3. The number of hydrogen-bond acceptors (Lipinski definition) is 1. The molecule has 0 fully saturated rings. The summed E-state index contributed by atoms with van der Waals surface area (Å²) in [6.07, 6.45) is -1.43. The Labute approximate surface area is 93.2 Å². The number of benzene rings is 1. The van der Waals surface area contributed by atoms with Gasteiger partial charge in [-0.15, -0.1) is 0 Å². The molecule has 1 atom stereocenters. The SMILES string of the molecule is NCC(CCc1ccccc1Cl)C(F)F. The third-order valence-electron chi connectivity index (χ3n) is 2.40. The molecule has 15 heavy (non-hydrogen) atoms. The van der Waals surface area contributed by atoms with E-state index in [4.69, 9.17) is 17.3 Å². The number of aryl methyl sites for hydroxylation is 1. The molecule has 1 nitrogen and oxygen atoms in total. The minimum absolute atomic E-state index is 0.0160. The molecule has 2 N–H and O–H groups in total. The lowest BCUT2D eigenvalue weighted by molar-refractivity contribution is 0.0769. The quantitative estimate of drug-likeness (QED) is 0.831. The summed E-state index contributed by atoms with van der Waals surface area (Å²) in [6, 6.07) is 7.28. The first-order valence-corrected chi connectivity index (χ1v) is 5.24. The third-order valence-corrected chi connectivity index (χ3v) is 2.77. The molecule has 1 rings (SSSR count). The van der Waals surface area contributed by atoms with Gasteiger partial charge in [-0.05, 0) is 24.5 Å². The number of nitrogens with two attached hydrogens (primary N) is 1. The van der Waals surface area contributed by atoms with Gasteiger partial charge in [0.15, 0.2) is 0 Å². The van der Waals surface area contributed by atoms with Gasteiger partial charge in [-0.1, -0.05) is 29.8 Å². The summed E-state index contributed by atoms with van der Waals surface area (Å²) in [5.41, 5.74) is 6.16. The average molecular weight is 234 g/mol. The van der Waals surface area contributed by atoms with Crippen LogP contribution in [-0.4, -0.2) is 13.0 Å². The summed E-state index contributed by atoms with van der Waals surface area (Å²) in [6.45, 7) is 0.0160. The van der Waals surface area contributed by atoms with E-state index < -0.39 is 12.3 Å². The van der Waals surface area contributed by atoms with Crippen LogP contribution in [0, 0.1) is 5.92 Å². The second-order valence-electron chi connectivity index (χ2n) is 3.46. The van der Waals surface area contributed by atoms with Crippen LogP contribution in [-0.2, 0) is 6.42 Å². The Balaban J connectivity index is 2.53. The Morgan fingerprint density at radius 3 is 2.47 bits per heavy atom. The lowest BCUT2D eigenvalue weighted by Gasteiger charge is -2.13. The van der Waals surface area contributed by atoms with Crippen LogP contribution in [0.3, 0.4) is 0 Å².